The van der Waals surface area contributed by atoms with E-state index < -0.39 is 18.5 Å². The van der Waals surface area contributed by atoms with E-state index in [1.54, 1.807) is 24.3 Å². The van der Waals surface area contributed by atoms with Crippen LogP contribution in [0, 0.1) is 11.8 Å². The average Bonchev–Trinajstić information content (AvgIpc) is 3.19. The Morgan fingerprint density at radius 1 is 0.868 bits per heavy atom. The van der Waals surface area contributed by atoms with Gasteiger partial charge in [0.2, 0.25) is 11.8 Å². The largest absolute Gasteiger partial charge is 0.452 e. The van der Waals surface area contributed by atoms with E-state index in [-0.39, 0.29) is 40.2 Å². The van der Waals surface area contributed by atoms with E-state index in [9.17, 15) is 19.2 Å². The predicted molar refractivity (Wildman–Crippen MR) is 144 cm³/mol. The van der Waals surface area contributed by atoms with Crippen LogP contribution in [0.3, 0.4) is 0 Å². The normalized spacial score (nSPS) is 20.7. The Bertz CT molecular complexity index is 1390. The highest BCUT2D eigenvalue weighted by molar-refractivity contribution is 6.42. The summed E-state index contributed by atoms with van der Waals surface area (Å²) in [7, 11) is 0. The van der Waals surface area contributed by atoms with Gasteiger partial charge in [0.25, 0.3) is 5.91 Å². The Morgan fingerprint density at radius 2 is 1.58 bits per heavy atom. The van der Waals surface area contributed by atoms with Gasteiger partial charge in [-0.1, -0.05) is 53.5 Å². The van der Waals surface area contributed by atoms with Gasteiger partial charge in [-0.15, -0.1) is 0 Å². The number of nitrogens with one attached hydrogen (secondary N) is 1. The fraction of sp³-hybridized carbons (Fsp3) is 0.241. The van der Waals surface area contributed by atoms with Gasteiger partial charge in [-0.25, -0.2) is 4.79 Å². The number of benzene rings is 3. The average molecular weight is 551 g/mol. The Balaban J connectivity index is 1.19. The van der Waals surface area contributed by atoms with Crippen molar-refractivity contribution < 1.29 is 23.9 Å². The maximum Gasteiger partial charge on any atom is 0.338 e. The van der Waals surface area contributed by atoms with E-state index in [1.807, 2.05) is 18.2 Å². The highest BCUT2D eigenvalue weighted by Gasteiger charge is 2.50. The van der Waals surface area contributed by atoms with Gasteiger partial charge in [0.05, 0.1) is 33.1 Å². The first kappa shape index (κ1) is 25.9. The number of hydrogen-bond donors (Lipinski definition) is 1. The summed E-state index contributed by atoms with van der Waals surface area (Å²) in [5, 5.41) is 3.21. The molecule has 1 heterocycles. The van der Waals surface area contributed by atoms with E-state index >= 15 is 0 Å². The van der Waals surface area contributed by atoms with Gasteiger partial charge in [-0.3, -0.25) is 19.3 Å². The topological polar surface area (TPSA) is 92.8 Å². The SMILES string of the molecule is O=C(COC(=O)c1ccc(N2C(=O)[C@H]3C[C@@H](c4ccccc4)CC[C@H]3C2=O)cc1)Nc1ccc(Cl)c(Cl)c1. The van der Waals surface area contributed by atoms with Crippen LogP contribution in [0.15, 0.2) is 72.8 Å². The Labute approximate surface area is 229 Å². The van der Waals surface area contributed by atoms with Crippen molar-refractivity contribution in [2.75, 3.05) is 16.8 Å². The predicted octanol–water partition coefficient (Wildman–Crippen LogP) is 5.86. The molecular formula is C29H24Cl2N2O5. The van der Waals surface area contributed by atoms with Crippen LogP contribution in [0.2, 0.25) is 10.0 Å². The molecule has 0 spiro atoms. The molecule has 1 N–H and O–H groups in total. The highest BCUT2D eigenvalue weighted by atomic mass is 35.5. The van der Waals surface area contributed by atoms with Crippen molar-refractivity contribution in [2.45, 2.75) is 25.2 Å². The van der Waals surface area contributed by atoms with Crippen molar-refractivity contribution in [3.8, 4) is 0 Å². The quantitative estimate of drug-likeness (QED) is 0.306. The molecule has 1 aliphatic heterocycles. The molecule has 5 rings (SSSR count). The summed E-state index contributed by atoms with van der Waals surface area (Å²) in [6, 6.07) is 20.7. The Kier molecular flexibility index (Phi) is 7.49. The van der Waals surface area contributed by atoms with Crippen molar-refractivity contribution in [3.05, 3.63) is 94.0 Å². The number of carbonyl (C=O) groups excluding carboxylic acids is 4. The number of anilines is 2. The number of carbonyl (C=O) groups is 4. The molecule has 194 valence electrons. The lowest BCUT2D eigenvalue weighted by atomic mass is 9.73. The van der Waals surface area contributed by atoms with E-state index in [0.717, 1.165) is 6.42 Å². The van der Waals surface area contributed by atoms with Crippen LogP contribution in [-0.4, -0.2) is 30.3 Å². The first-order valence-electron chi connectivity index (χ1n) is 12.3. The number of nitrogens with zero attached hydrogens (tertiary/aromatic N) is 1. The second kappa shape index (κ2) is 11.0. The van der Waals surface area contributed by atoms with Gasteiger partial charge in [0.1, 0.15) is 0 Å². The van der Waals surface area contributed by atoms with E-state index in [0.29, 0.717) is 29.2 Å². The second-order valence-corrected chi connectivity index (χ2v) is 10.3. The smallest absolute Gasteiger partial charge is 0.338 e. The maximum absolute atomic E-state index is 13.3. The third kappa shape index (κ3) is 5.30. The molecule has 38 heavy (non-hydrogen) atoms. The molecule has 2 aliphatic rings. The van der Waals surface area contributed by atoms with Gasteiger partial charge in [0.15, 0.2) is 6.61 Å². The third-order valence-electron chi connectivity index (χ3n) is 7.10. The lowest BCUT2D eigenvalue weighted by molar-refractivity contribution is -0.122. The molecule has 1 aliphatic carbocycles. The van der Waals surface area contributed by atoms with Crippen LogP contribution >= 0.6 is 23.2 Å². The first-order chi connectivity index (χ1) is 18.3. The molecule has 3 aromatic rings. The standard InChI is InChI=1S/C29H24Cl2N2O5/c30-24-13-9-20(15-25(24)31)32-26(34)16-38-29(37)18-6-10-21(11-7-18)33-27(35)22-12-8-19(14-23(22)28(33)36)17-4-2-1-3-5-17/h1-7,9-11,13,15,19,22-23H,8,12,14,16H2,(H,32,34)/t19-,22+,23-/m0/s1. The zero-order chi connectivity index (χ0) is 26.8. The van der Waals surface area contributed by atoms with E-state index in [2.05, 4.69) is 17.4 Å². The van der Waals surface area contributed by atoms with E-state index in [1.165, 1.54) is 28.7 Å². The molecule has 1 saturated carbocycles. The number of hydrogen-bond acceptors (Lipinski definition) is 5. The number of ether oxygens (including phenoxy) is 1. The molecule has 3 aromatic carbocycles. The molecule has 0 aromatic heterocycles. The molecule has 3 amide bonds. The minimum Gasteiger partial charge on any atom is -0.452 e. The fourth-order valence-electron chi connectivity index (χ4n) is 5.19. The number of fused-ring (bicyclic) bond motifs is 1. The fourth-order valence-corrected chi connectivity index (χ4v) is 5.49. The molecular weight excluding hydrogens is 527 g/mol. The van der Waals surface area contributed by atoms with Crippen molar-refractivity contribution >= 4 is 58.3 Å². The highest BCUT2D eigenvalue weighted by Crippen LogP contribution is 2.45. The number of esters is 1. The summed E-state index contributed by atoms with van der Waals surface area (Å²) in [4.78, 5) is 52.2. The third-order valence-corrected chi connectivity index (χ3v) is 7.83. The summed E-state index contributed by atoms with van der Waals surface area (Å²) in [6.45, 7) is -0.504. The summed E-state index contributed by atoms with van der Waals surface area (Å²) >= 11 is 11.8. The minimum atomic E-state index is -0.709. The maximum atomic E-state index is 13.3. The van der Waals surface area contributed by atoms with Gasteiger partial charge < -0.3 is 10.1 Å². The monoisotopic (exact) mass is 550 g/mol. The zero-order valence-corrected chi connectivity index (χ0v) is 21.7. The van der Waals surface area contributed by atoms with Crippen LogP contribution in [0.25, 0.3) is 0 Å². The summed E-state index contributed by atoms with van der Waals surface area (Å²) in [6.07, 6.45) is 2.17. The molecule has 2 fully saturated rings. The second-order valence-electron chi connectivity index (χ2n) is 9.45. The van der Waals surface area contributed by atoms with Crippen LogP contribution in [0.1, 0.15) is 41.1 Å². The van der Waals surface area contributed by atoms with Crippen LogP contribution in [0.5, 0.6) is 0 Å². The van der Waals surface area contributed by atoms with Crippen molar-refractivity contribution in [3.63, 3.8) is 0 Å². The van der Waals surface area contributed by atoms with Gasteiger partial charge in [0, 0.05) is 5.69 Å². The zero-order valence-electron chi connectivity index (χ0n) is 20.2. The Morgan fingerprint density at radius 3 is 2.29 bits per heavy atom. The molecule has 3 atom stereocenters. The molecule has 0 unspecified atom stereocenters. The summed E-state index contributed by atoms with van der Waals surface area (Å²) in [5.74, 6) is -2.06. The van der Waals surface area contributed by atoms with Crippen molar-refractivity contribution in [1.29, 1.82) is 0 Å². The number of amides is 3. The van der Waals surface area contributed by atoms with Crippen molar-refractivity contribution in [2.24, 2.45) is 11.8 Å². The van der Waals surface area contributed by atoms with Gasteiger partial charge >= 0.3 is 5.97 Å². The van der Waals surface area contributed by atoms with E-state index in [4.69, 9.17) is 27.9 Å². The van der Waals surface area contributed by atoms with Crippen LogP contribution in [0.4, 0.5) is 11.4 Å². The first-order valence-corrected chi connectivity index (χ1v) is 13.0. The van der Waals surface area contributed by atoms with Gasteiger partial charge in [-0.2, -0.15) is 0 Å². The van der Waals surface area contributed by atoms with Gasteiger partial charge in [-0.05, 0) is 73.2 Å². The summed E-state index contributed by atoms with van der Waals surface area (Å²) < 4.78 is 5.10. The van der Waals surface area contributed by atoms with Crippen LogP contribution < -0.4 is 10.2 Å². The number of rotatable bonds is 6. The van der Waals surface area contributed by atoms with Crippen molar-refractivity contribution in [1.82, 2.24) is 0 Å². The van der Waals surface area contributed by atoms with Crippen LogP contribution in [-0.2, 0) is 19.1 Å². The number of imide groups is 1. The molecule has 1 saturated heterocycles. The minimum absolute atomic E-state index is 0.191. The lowest BCUT2D eigenvalue weighted by Crippen LogP contribution is -2.30. The molecule has 0 bridgehead atoms. The Hall–Kier alpha value is -3.68. The molecule has 7 nitrogen and oxygen atoms in total. The summed E-state index contributed by atoms with van der Waals surface area (Å²) in [5.41, 5.74) is 2.22. The molecule has 0 radical (unpaired) electrons. The molecule has 9 heteroatoms. The lowest BCUT2D eigenvalue weighted by Gasteiger charge is -2.28. The number of halogens is 2.